The van der Waals surface area contributed by atoms with Crippen molar-refractivity contribution in [1.29, 1.82) is 0 Å². The van der Waals surface area contributed by atoms with Gasteiger partial charge in [0.2, 0.25) is 0 Å². The van der Waals surface area contributed by atoms with Gasteiger partial charge in [0.15, 0.2) is 5.82 Å². The van der Waals surface area contributed by atoms with E-state index in [1.807, 2.05) is 0 Å². The van der Waals surface area contributed by atoms with Gasteiger partial charge in [0.25, 0.3) is 5.91 Å². The molecule has 1 unspecified atom stereocenters. The minimum Gasteiger partial charge on any atom is -0.480 e. The van der Waals surface area contributed by atoms with Crippen LogP contribution in [0.4, 0.5) is 0 Å². The van der Waals surface area contributed by atoms with Crippen molar-refractivity contribution in [3.8, 4) is 5.82 Å². The van der Waals surface area contributed by atoms with Crippen LogP contribution in [-0.2, 0) is 14.6 Å². The SMILES string of the molecule is CCS(=O)(=O)CCC(NC(=O)c1cnn(-c2ccccn2)c1C)C(=O)O. The maximum atomic E-state index is 12.4. The van der Waals surface area contributed by atoms with Gasteiger partial charge in [-0.3, -0.25) is 4.79 Å². The van der Waals surface area contributed by atoms with Gasteiger partial charge in [-0.25, -0.2) is 22.9 Å². The van der Waals surface area contributed by atoms with Gasteiger partial charge in [0.05, 0.1) is 23.2 Å². The summed E-state index contributed by atoms with van der Waals surface area (Å²) in [7, 11) is -3.33. The fourth-order valence-corrected chi connectivity index (χ4v) is 3.16. The zero-order valence-electron chi connectivity index (χ0n) is 14.4. The highest BCUT2D eigenvalue weighted by Gasteiger charge is 2.25. The fourth-order valence-electron chi connectivity index (χ4n) is 2.28. The number of nitrogens with zero attached hydrogens (tertiary/aromatic N) is 3. The maximum Gasteiger partial charge on any atom is 0.326 e. The van der Waals surface area contributed by atoms with Gasteiger partial charge in [0, 0.05) is 11.9 Å². The number of pyridine rings is 1. The lowest BCUT2D eigenvalue weighted by Gasteiger charge is -2.14. The van der Waals surface area contributed by atoms with E-state index in [2.05, 4.69) is 15.4 Å². The molecular formula is C16H20N4O5S. The Morgan fingerprint density at radius 1 is 1.35 bits per heavy atom. The molecule has 0 radical (unpaired) electrons. The molecule has 0 aromatic carbocycles. The van der Waals surface area contributed by atoms with E-state index >= 15 is 0 Å². The Labute approximate surface area is 151 Å². The zero-order chi connectivity index (χ0) is 19.3. The van der Waals surface area contributed by atoms with E-state index in [1.54, 1.807) is 31.3 Å². The van der Waals surface area contributed by atoms with Crippen molar-refractivity contribution in [3.63, 3.8) is 0 Å². The number of carboxylic acid groups (broad SMARTS) is 1. The molecule has 1 atom stereocenters. The largest absolute Gasteiger partial charge is 0.480 e. The second-order valence-electron chi connectivity index (χ2n) is 5.63. The minimum absolute atomic E-state index is 0.0801. The third kappa shape index (κ3) is 4.66. The summed E-state index contributed by atoms with van der Waals surface area (Å²) < 4.78 is 24.6. The van der Waals surface area contributed by atoms with E-state index in [-0.39, 0.29) is 23.5 Å². The molecule has 0 spiro atoms. The molecule has 0 aliphatic carbocycles. The van der Waals surface area contributed by atoms with E-state index in [1.165, 1.54) is 17.8 Å². The first-order valence-corrected chi connectivity index (χ1v) is 9.77. The van der Waals surface area contributed by atoms with Gasteiger partial charge >= 0.3 is 5.97 Å². The number of hydrogen-bond donors (Lipinski definition) is 2. The normalized spacial score (nSPS) is 12.5. The molecule has 0 aliphatic heterocycles. The predicted molar refractivity (Wildman–Crippen MR) is 93.9 cm³/mol. The second kappa shape index (κ2) is 8.09. The molecule has 26 heavy (non-hydrogen) atoms. The minimum atomic E-state index is -3.33. The van der Waals surface area contributed by atoms with Crippen LogP contribution in [0.2, 0.25) is 0 Å². The number of sulfone groups is 1. The summed E-state index contributed by atoms with van der Waals surface area (Å²) in [5, 5.41) is 15.7. The highest BCUT2D eigenvalue weighted by Crippen LogP contribution is 2.12. The van der Waals surface area contributed by atoms with Gasteiger partial charge in [-0.2, -0.15) is 5.10 Å². The van der Waals surface area contributed by atoms with Crippen LogP contribution in [0.1, 0.15) is 29.4 Å². The first-order chi connectivity index (χ1) is 12.2. The lowest BCUT2D eigenvalue weighted by molar-refractivity contribution is -0.139. The predicted octanol–water partition coefficient (Wildman–Crippen LogP) is 0.584. The number of carbonyl (C=O) groups is 2. The Kier molecular flexibility index (Phi) is 6.09. The molecule has 2 rings (SSSR count). The van der Waals surface area contributed by atoms with Crippen molar-refractivity contribution in [3.05, 3.63) is 41.9 Å². The van der Waals surface area contributed by atoms with Gasteiger partial charge in [-0.15, -0.1) is 0 Å². The van der Waals surface area contributed by atoms with Crippen molar-refractivity contribution in [2.45, 2.75) is 26.3 Å². The zero-order valence-corrected chi connectivity index (χ0v) is 15.2. The van der Waals surface area contributed by atoms with Gasteiger partial charge in [-0.1, -0.05) is 13.0 Å². The van der Waals surface area contributed by atoms with Crippen molar-refractivity contribution in [2.75, 3.05) is 11.5 Å². The third-order valence-electron chi connectivity index (χ3n) is 3.88. The van der Waals surface area contributed by atoms with E-state index < -0.39 is 27.8 Å². The fraction of sp³-hybridized carbons (Fsp3) is 0.375. The Balaban J connectivity index is 2.15. The number of aromatic nitrogens is 3. The first-order valence-electron chi connectivity index (χ1n) is 7.95. The van der Waals surface area contributed by atoms with Crippen LogP contribution in [-0.4, -0.2) is 57.7 Å². The Bertz CT molecular complexity index is 893. The summed E-state index contributed by atoms with van der Waals surface area (Å²) in [6.07, 6.45) is 2.70. The van der Waals surface area contributed by atoms with Crippen molar-refractivity contribution >= 4 is 21.7 Å². The molecule has 0 bridgehead atoms. The molecule has 0 saturated carbocycles. The molecule has 2 aromatic heterocycles. The van der Waals surface area contributed by atoms with E-state index in [0.717, 1.165) is 0 Å². The van der Waals surface area contributed by atoms with E-state index in [0.29, 0.717) is 11.5 Å². The van der Waals surface area contributed by atoms with Gasteiger partial charge in [0.1, 0.15) is 15.9 Å². The average molecular weight is 380 g/mol. The Hall–Kier alpha value is -2.75. The monoisotopic (exact) mass is 380 g/mol. The summed E-state index contributed by atoms with van der Waals surface area (Å²) in [5.74, 6) is -1.80. The maximum absolute atomic E-state index is 12.4. The number of hydrogen-bond acceptors (Lipinski definition) is 6. The number of nitrogens with one attached hydrogen (secondary N) is 1. The summed E-state index contributed by atoms with van der Waals surface area (Å²) >= 11 is 0. The number of carbonyl (C=O) groups excluding carboxylic acids is 1. The molecule has 10 heteroatoms. The lowest BCUT2D eigenvalue weighted by atomic mass is 10.2. The quantitative estimate of drug-likeness (QED) is 0.685. The average Bonchev–Trinajstić information content (AvgIpc) is 3.00. The third-order valence-corrected chi connectivity index (χ3v) is 5.62. The molecule has 2 N–H and O–H groups in total. The summed E-state index contributed by atoms with van der Waals surface area (Å²) in [6, 6.07) is 3.94. The van der Waals surface area contributed by atoms with Gasteiger partial charge in [-0.05, 0) is 25.5 Å². The van der Waals surface area contributed by atoms with Crippen LogP contribution in [0.25, 0.3) is 5.82 Å². The summed E-state index contributed by atoms with van der Waals surface area (Å²) in [4.78, 5) is 27.9. The van der Waals surface area contributed by atoms with Crippen molar-refractivity contribution in [2.24, 2.45) is 0 Å². The van der Waals surface area contributed by atoms with Crippen LogP contribution in [0.3, 0.4) is 0 Å². The lowest BCUT2D eigenvalue weighted by Crippen LogP contribution is -2.42. The molecule has 0 saturated heterocycles. The Morgan fingerprint density at radius 2 is 2.08 bits per heavy atom. The molecule has 9 nitrogen and oxygen atoms in total. The topological polar surface area (TPSA) is 131 Å². The smallest absolute Gasteiger partial charge is 0.326 e. The van der Waals surface area contributed by atoms with Crippen LogP contribution >= 0.6 is 0 Å². The van der Waals surface area contributed by atoms with Crippen LogP contribution in [0.15, 0.2) is 30.6 Å². The van der Waals surface area contributed by atoms with E-state index in [4.69, 9.17) is 0 Å². The molecule has 0 aliphatic rings. The van der Waals surface area contributed by atoms with Crippen LogP contribution in [0.5, 0.6) is 0 Å². The second-order valence-corrected chi connectivity index (χ2v) is 8.11. The van der Waals surface area contributed by atoms with Crippen molar-refractivity contribution in [1.82, 2.24) is 20.1 Å². The number of aliphatic carboxylic acids is 1. The standard InChI is InChI=1S/C16H20N4O5S/c1-3-26(24,25)9-7-13(16(22)23)19-15(21)12-10-18-20(11(12)2)14-6-4-5-8-17-14/h4-6,8,10,13H,3,7,9H2,1-2H3,(H,19,21)(H,22,23). The number of carboxylic acids is 1. The summed E-state index contributed by atoms with van der Waals surface area (Å²) in [5.41, 5.74) is 0.687. The van der Waals surface area contributed by atoms with Crippen LogP contribution in [0, 0.1) is 6.92 Å². The van der Waals surface area contributed by atoms with Crippen LogP contribution < -0.4 is 5.32 Å². The van der Waals surface area contributed by atoms with E-state index in [9.17, 15) is 23.1 Å². The molecule has 1 amide bonds. The Morgan fingerprint density at radius 3 is 2.65 bits per heavy atom. The highest BCUT2D eigenvalue weighted by atomic mass is 32.2. The molecule has 140 valence electrons. The molecule has 2 aromatic rings. The number of amides is 1. The highest BCUT2D eigenvalue weighted by molar-refractivity contribution is 7.91. The first kappa shape index (κ1) is 19.6. The van der Waals surface area contributed by atoms with Gasteiger partial charge < -0.3 is 10.4 Å². The molecular weight excluding hydrogens is 360 g/mol. The van der Waals surface area contributed by atoms with Crippen molar-refractivity contribution < 1.29 is 23.1 Å². The molecule has 2 heterocycles. The number of rotatable bonds is 8. The molecule has 0 fully saturated rings. The summed E-state index contributed by atoms with van der Waals surface area (Å²) in [6.45, 7) is 3.15.